The van der Waals surface area contributed by atoms with E-state index in [0.29, 0.717) is 28.2 Å². The quantitative estimate of drug-likeness (QED) is 0.427. The molecule has 166 valence electrons. The Morgan fingerprint density at radius 1 is 0.970 bits per heavy atom. The van der Waals surface area contributed by atoms with E-state index in [9.17, 15) is 4.79 Å². The number of rotatable bonds is 5. The molecule has 0 saturated heterocycles. The van der Waals surface area contributed by atoms with E-state index < -0.39 is 0 Å². The second-order valence-electron chi connectivity index (χ2n) is 7.80. The minimum Gasteiger partial charge on any atom is -0.263 e. The molecule has 3 heterocycles. The van der Waals surface area contributed by atoms with Crippen molar-refractivity contribution in [3.8, 4) is 0 Å². The van der Waals surface area contributed by atoms with E-state index in [0.717, 1.165) is 16.8 Å². The first-order valence-corrected chi connectivity index (χ1v) is 11.2. The standard InChI is InChI=1S/C24H20Cl2N6O/c1-30-23(29-32(24(30)33)14-20-12-11-19(26)13-27-20)31-15-21(16-5-3-2-4-6-16)22(28-31)17-7-9-18(25)10-8-17/h2-13,21H,14-15H2,1H3. The van der Waals surface area contributed by atoms with Gasteiger partial charge in [-0.2, -0.15) is 5.10 Å². The van der Waals surface area contributed by atoms with Crippen LogP contribution in [0.1, 0.15) is 22.7 Å². The zero-order chi connectivity index (χ0) is 22.9. The lowest BCUT2D eigenvalue weighted by Gasteiger charge is -2.15. The average molecular weight is 479 g/mol. The van der Waals surface area contributed by atoms with Gasteiger partial charge in [0.25, 0.3) is 0 Å². The molecule has 1 aliphatic rings. The summed E-state index contributed by atoms with van der Waals surface area (Å²) in [5, 5.41) is 12.5. The zero-order valence-corrected chi connectivity index (χ0v) is 19.3. The van der Waals surface area contributed by atoms with E-state index in [1.165, 1.54) is 9.25 Å². The van der Waals surface area contributed by atoms with Crippen LogP contribution in [0.3, 0.4) is 0 Å². The van der Waals surface area contributed by atoms with Crippen molar-refractivity contribution < 1.29 is 0 Å². The summed E-state index contributed by atoms with van der Waals surface area (Å²) in [6, 6.07) is 21.4. The highest BCUT2D eigenvalue weighted by molar-refractivity contribution is 6.30. The van der Waals surface area contributed by atoms with Gasteiger partial charge in [0, 0.05) is 24.2 Å². The molecule has 0 spiro atoms. The third-order valence-corrected chi connectivity index (χ3v) is 6.08. The van der Waals surface area contributed by atoms with Gasteiger partial charge in [0.05, 0.1) is 29.5 Å². The van der Waals surface area contributed by atoms with Gasteiger partial charge in [-0.1, -0.05) is 65.7 Å². The Labute approximate surface area is 200 Å². The Morgan fingerprint density at radius 2 is 1.70 bits per heavy atom. The van der Waals surface area contributed by atoms with Gasteiger partial charge in [0.1, 0.15) is 0 Å². The average Bonchev–Trinajstić information content (AvgIpc) is 3.39. The molecule has 0 fully saturated rings. The van der Waals surface area contributed by atoms with Gasteiger partial charge in [-0.15, -0.1) is 5.10 Å². The molecule has 7 nitrogen and oxygen atoms in total. The van der Waals surface area contributed by atoms with Crippen LogP contribution in [-0.4, -0.2) is 31.6 Å². The number of aromatic nitrogens is 4. The van der Waals surface area contributed by atoms with Gasteiger partial charge < -0.3 is 0 Å². The summed E-state index contributed by atoms with van der Waals surface area (Å²) < 4.78 is 2.89. The summed E-state index contributed by atoms with van der Waals surface area (Å²) in [4.78, 5) is 17.1. The largest absolute Gasteiger partial charge is 0.347 e. The van der Waals surface area contributed by atoms with Crippen LogP contribution in [0.5, 0.6) is 0 Å². The van der Waals surface area contributed by atoms with Crippen LogP contribution in [0.15, 0.2) is 82.8 Å². The molecule has 0 saturated carbocycles. The van der Waals surface area contributed by atoms with Crippen LogP contribution >= 0.6 is 23.2 Å². The summed E-state index contributed by atoms with van der Waals surface area (Å²) in [5.41, 5.74) is 3.47. The SMILES string of the molecule is Cn1c(N2CC(c3ccccc3)C(c3ccc(Cl)cc3)=N2)nn(Cc2ccc(Cl)cn2)c1=O. The van der Waals surface area contributed by atoms with Crippen molar-refractivity contribution in [3.05, 3.63) is 110 Å². The second-order valence-corrected chi connectivity index (χ2v) is 8.68. The van der Waals surface area contributed by atoms with Crippen molar-refractivity contribution in [3.63, 3.8) is 0 Å². The highest BCUT2D eigenvalue weighted by Gasteiger charge is 2.32. The van der Waals surface area contributed by atoms with E-state index in [2.05, 4.69) is 22.2 Å². The maximum absolute atomic E-state index is 12.9. The van der Waals surface area contributed by atoms with Gasteiger partial charge >= 0.3 is 5.69 Å². The van der Waals surface area contributed by atoms with Crippen LogP contribution in [-0.2, 0) is 13.6 Å². The number of pyridine rings is 1. The molecule has 9 heteroatoms. The molecule has 1 unspecified atom stereocenters. The van der Waals surface area contributed by atoms with Gasteiger partial charge in [-0.3, -0.25) is 9.55 Å². The molecule has 5 rings (SSSR count). The van der Waals surface area contributed by atoms with Crippen LogP contribution < -0.4 is 10.7 Å². The van der Waals surface area contributed by atoms with Crippen LogP contribution in [0.2, 0.25) is 10.0 Å². The number of benzene rings is 2. The first-order valence-electron chi connectivity index (χ1n) is 10.4. The third kappa shape index (κ3) is 4.29. The molecule has 4 aromatic rings. The summed E-state index contributed by atoms with van der Waals surface area (Å²) in [6.45, 7) is 0.805. The van der Waals surface area contributed by atoms with Crippen molar-refractivity contribution >= 4 is 34.9 Å². The Morgan fingerprint density at radius 3 is 2.39 bits per heavy atom. The predicted octanol–water partition coefficient (Wildman–Crippen LogP) is 4.34. The molecule has 2 aromatic heterocycles. The summed E-state index contributed by atoms with van der Waals surface area (Å²) >= 11 is 12.0. The van der Waals surface area contributed by atoms with Crippen molar-refractivity contribution in [1.82, 2.24) is 19.3 Å². The molecule has 1 aliphatic heterocycles. The van der Waals surface area contributed by atoms with E-state index in [-0.39, 0.29) is 18.2 Å². The van der Waals surface area contributed by atoms with E-state index in [1.54, 1.807) is 30.4 Å². The van der Waals surface area contributed by atoms with Gasteiger partial charge in [-0.05, 0) is 35.4 Å². The third-order valence-electron chi connectivity index (χ3n) is 5.61. The fourth-order valence-electron chi connectivity index (χ4n) is 3.91. The molecular formula is C24H20Cl2N6O. The van der Waals surface area contributed by atoms with Gasteiger partial charge in [0.2, 0.25) is 5.95 Å². The summed E-state index contributed by atoms with van der Waals surface area (Å²) in [5.74, 6) is 0.490. The normalized spacial score (nSPS) is 15.7. The van der Waals surface area contributed by atoms with Crippen molar-refractivity contribution in [1.29, 1.82) is 0 Å². The Balaban J connectivity index is 1.51. The number of hydrogen-bond acceptors (Lipinski definition) is 5. The molecule has 33 heavy (non-hydrogen) atoms. The lowest BCUT2D eigenvalue weighted by Crippen LogP contribution is -2.25. The predicted molar refractivity (Wildman–Crippen MR) is 130 cm³/mol. The molecule has 0 aliphatic carbocycles. The number of anilines is 1. The highest BCUT2D eigenvalue weighted by Crippen LogP contribution is 2.31. The first kappa shape index (κ1) is 21.4. The van der Waals surface area contributed by atoms with Gasteiger partial charge in [0.15, 0.2) is 0 Å². The molecule has 0 radical (unpaired) electrons. The molecule has 0 N–H and O–H groups in total. The second kappa shape index (κ2) is 8.84. The number of hydrazone groups is 1. The highest BCUT2D eigenvalue weighted by atomic mass is 35.5. The topological polar surface area (TPSA) is 68.3 Å². The van der Waals surface area contributed by atoms with Crippen molar-refractivity contribution in [2.75, 3.05) is 11.6 Å². The van der Waals surface area contributed by atoms with Crippen LogP contribution in [0.25, 0.3) is 0 Å². The number of nitrogens with zero attached hydrogens (tertiary/aromatic N) is 6. The molecule has 0 amide bonds. The fourth-order valence-corrected chi connectivity index (χ4v) is 4.15. The maximum atomic E-state index is 12.9. The van der Waals surface area contributed by atoms with Gasteiger partial charge in [-0.25, -0.2) is 14.5 Å². The van der Waals surface area contributed by atoms with Crippen molar-refractivity contribution in [2.24, 2.45) is 12.1 Å². The molecule has 0 bridgehead atoms. The smallest absolute Gasteiger partial charge is 0.263 e. The van der Waals surface area contributed by atoms with Crippen molar-refractivity contribution in [2.45, 2.75) is 12.5 Å². The molecule has 1 atom stereocenters. The Kier molecular flexibility index (Phi) is 5.74. The minimum absolute atomic E-state index is 0.0190. The Bertz CT molecular complexity index is 1360. The number of halogens is 2. The zero-order valence-electron chi connectivity index (χ0n) is 17.8. The summed E-state index contributed by atoms with van der Waals surface area (Å²) in [7, 11) is 1.70. The monoisotopic (exact) mass is 478 g/mol. The fraction of sp³-hybridized carbons (Fsp3) is 0.167. The van der Waals surface area contributed by atoms with Crippen LogP contribution in [0.4, 0.5) is 5.95 Å². The maximum Gasteiger partial charge on any atom is 0.347 e. The van der Waals surface area contributed by atoms with E-state index >= 15 is 0 Å². The minimum atomic E-state index is -0.242. The van der Waals surface area contributed by atoms with E-state index in [1.807, 2.05) is 42.5 Å². The molecular weight excluding hydrogens is 459 g/mol. The first-order chi connectivity index (χ1) is 16.0. The Hall–Kier alpha value is -3.42. The number of hydrogen-bond donors (Lipinski definition) is 0. The molecule has 2 aromatic carbocycles. The lowest BCUT2D eigenvalue weighted by molar-refractivity contribution is 0.634. The van der Waals surface area contributed by atoms with E-state index in [4.69, 9.17) is 28.3 Å². The lowest BCUT2D eigenvalue weighted by atomic mass is 9.91. The summed E-state index contributed by atoms with van der Waals surface area (Å²) in [6.07, 6.45) is 1.55. The van der Waals surface area contributed by atoms with Crippen LogP contribution in [0, 0.1) is 0 Å².